The van der Waals surface area contributed by atoms with E-state index in [1.54, 1.807) is 24.3 Å². The van der Waals surface area contributed by atoms with Crippen LogP contribution in [0.15, 0.2) is 49.1 Å². The van der Waals surface area contributed by atoms with Gasteiger partial charge in [-0.05, 0) is 45.8 Å². The predicted molar refractivity (Wildman–Crippen MR) is 115 cm³/mol. The van der Waals surface area contributed by atoms with E-state index in [1.807, 2.05) is 12.1 Å². The van der Waals surface area contributed by atoms with Crippen molar-refractivity contribution in [2.24, 2.45) is 0 Å². The van der Waals surface area contributed by atoms with Gasteiger partial charge in [-0.15, -0.1) is 20.4 Å². The first-order chi connectivity index (χ1) is 15.0. The van der Waals surface area contributed by atoms with Crippen molar-refractivity contribution in [3.05, 3.63) is 80.3 Å². The zero-order valence-corrected chi connectivity index (χ0v) is 18.7. The number of tetrazole rings is 2. The molecule has 0 aliphatic rings. The third-order valence-corrected chi connectivity index (χ3v) is 5.88. The molecule has 4 aromatic rings. The smallest absolute Gasteiger partial charge is 0.162 e. The standard InChI is InChI=1S/C18H14Cl4N8O/c19-13-3-1-11(5-15(13)21)17(7-29-25-9-23-27-29)31-18(8-30-26-10-24-28-30)12-2-4-14(20)16(22)6-12/h1-6,9-10,17-18H,7-8H2/t17-,18-/m0/s1. The molecule has 9 nitrogen and oxygen atoms in total. The Morgan fingerprint density at radius 3 is 1.48 bits per heavy atom. The first-order valence-corrected chi connectivity index (χ1v) is 10.5. The lowest BCUT2D eigenvalue weighted by atomic mass is 10.1. The fraction of sp³-hybridized carbons (Fsp3) is 0.222. The van der Waals surface area contributed by atoms with Gasteiger partial charge < -0.3 is 4.74 Å². The van der Waals surface area contributed by atoms with Crippen LogP contribution >= 0.6 is 46.4 Å². The van der Waals surface area contributed by atoms with Crippen molar-refractivity contribution in [2.75, 3.05) is 0 Å². The Hall–Kier alpha value is -2.30. The highest BCUT2D eigenvalue weighted by Crippen LogP contribution is 2.34. The van der Waals surface area contributed by atoms with Gasteiger partial charge in [-0.1, -0.05) is 58.5 Å². The van der Waals surface area contributed by atoms with E-state index in [4.69, 9.17) is 51.1 Å². The normalized spacial score (nSPS) is 13.3. The molecule has 0 unspecified atom stereocenters. The summed E-state index contributed by atoms with van der Waals surface area (Å²) in [5, 5.41) is 25.2. The maximum absolute atomic E-state index is 6.50. The van der Waals surface area contributed by atoms with Crippen LogP contribution in [0.4, 0.5) is 0 Å². The molecular weight excluding hydrogens is 486 g/mol. The van der Waals surface area contributed by atoms with E-state index in [0.717, 1.165) is 11.1 Å². The number of halogens is 4. The number of nitrogens with zero attached hydrogens (tertiary/aromatic N) is 8. The van der Waals surface area contributed by atoms with Crippen LogP contribution in [0.2, 0.25) is 20.1 Å². The summed E-state index contributed by atoms with van der Waals surface area (Å²) in [6.07, 6.45) is 1.68. The van der Waals surface area contributed by atoms with Gasteiger partial charge in [0.2, 0.25) is 0 Å². The lowest BCUT2D eigenvalue weighted by molar-refractivity contribution is -0.0396. The minimum Gasteiger partial charge on any atom is -0.362 e. The molecular formula is C18H14Cl4N8O. The van der Waals surface area contributed by atoms with E-state index in [9.17, 15) is 0 Å². The van der Waals surface area contributed by atoms with Crippen LogP contribution in [0.5, 0.6) is 0 Å². The van der Waals surface area contributed by atoms with Crippen molar-refractivity contribution in [3.8, 4) is 0 Å². The number of ether oxygens (including phenoxy) is 1. The Bertz CT molecular complexity index is 1050. The second-order valence-corrected chi connectivity index (χ2v) is 8.07. The third-order valence-electron chi connectivity index (χ3n) is 4.40. The van der Waals surface area contributed by atoms with E-state index in [-0.39, 0.29) is 13.1 Å². The average Bonchev–Trinajstić information content (AvgIpc) is 3.45. The van der Waals surface area contributed by atoms with Crippen LogP contribution in [0, 0.1) is 0 Å². The average molecular weight is 500 g/mol. The molecule has 0 aliphatic carbocycles. The zero-order chi connectivity index (χ0) is 21.8. The molecule has 2 heterocycles. The van der Waals surface area contributed by atoms with Gasteiger partial charge in [0.1, 0.15) is 12.2 Å². The molecule has 31 heavy (non-hydrogen) atoms. The first kappa shape index (κ1) is 21.9. The fourth-order valence-corrected chi connectivity index (χ4v) is 3.53. The highest BCUT2D eigenvalue weighted by molar-refractivity contribution is 6.42. The topological polar surface area (TPSA) is 96.4 Å². The number of hydrogen-bond donors (Lipinski definition) is 0. The van der Waals surface area contributed by atoms with Crippen molar-refractivity contribution < 1.29 is 4.74 Å². The van der Waals surface area contributed by atoms with Gasteiger partial charge in [0.05, 0.1) is 33.2 Å². The largest absolute Gasteiger partial charge is 0.362 e. The maximum atomic E-state index is 6.50. The van der Waals surface area contributed by atoms with E-state index in [1.165, 1.54) is 22.2 Å². The summed E-state index contributed by atoms with van der Waals surface area (Å²) >= 11 is 24.7. The van der Waals surface area contributed by atoms with Crippen molar-refractivity contribution in [1.29, 1.82) is 0 Å². The predicted octanol–water partition coefficient (Wildman–Crippen LogP) is 4.47. The van der Waals surface area contributed by atoms with Crippen LogP contribution < -0.4 is 0 Å². The van der Waals surface area contributed by atoms with Crippen LogP contribution in [0.25, 0.3) is 0 Å². The number of benzene rings is 2. The summed E-state index contributed by atoms with van der Waals surface area (Å²) in [5.41, 5.74) is 1.56. The molecule has 0 bridgehead atoms. The lowest BCUT2D eigenvalue weighted by Gasteiger charge is -2.25. The Labute approximate surface area is 196 Å². The fourth-order valence-electron chi connectivity index (χ4n) is 2.92. The Morgan fingerprint density at radius 2 is 1.13 bits per heavy atom. The lowest BCUT2D eigenvalue weighted by Crippen LogP contribution is -2.21. The van der Waals surface area contributed by atoms with Crippen molar-refractivity contribution >= 4 is 46.4 Å². The van der Waals surface area contributed by atoms with E-state index in [2.05, 4.69) is 30.8 Å². The number of aromatic nitrogens is 8. The Kier molecular flexibility index (Phi) is 6.99. The van der Waals surface area contributed by atoms with Gasteiger partial charge in [-0.25, -0.2) is 0 Å². The van der Waals surface area contributed by atoms with Gasteiger partial charge in [0, 0.05) is 0 Å². The molecule has 2 atom stereocenters. The van der Waals surface area contributed by atoms with Crippen molar-refractivity contribution in [3.63, 3.8) is 0 Å². The Morgan fingerprint density at radius 1 is 0.677 bits per heavy atom. The summed E-state index contributed by atoms with van der Waals surface area (Å²) in [4.78, 5) is 2.85. The quantitative estimate of drug-likeness (QED) is 0.352. The highest BCUT2D eigenvalue weighted by atomic mass is 35.5. The molecule has 4 rings (SSSR count). The zero-order valence-electron chi connectivity index (χ0n) is 15.7. The van der Waals surface area contributed by atoms with Crippen molar-refractivity contribution in [2.45, 2.75) is 25.3 Å². The van der Waals surface area contributed by atoms with Crippen LogP contribution in [0.3, 0.4) is 0 Å². The SMILES string of the molecule is Clc1ccc([C@H](Cn2ncnn2)O[C@@H](Cn2ncnn2)c2ccc(Cl)c(Cl)c2)cc1Cl. The molecule has 2 aromatic carbocycles. The van der Waals surface area contributed by atoms with Gasteiger partial charge >= 0.3 is 0 Å². The first-order valence-electron chi connectivity index (χ1n) is 8.96. The summed E-state index contributed by atoms with van der Waals surface area (Å²) in [5.74, 6) is 0. The third kappa shape index (κ3) is 5.50. The van der Waals surface area contributed by atoms with E-state index < -0.39 is 12.2 Å². The van der Waals surface area contributed by atoms with Gasteiger partial charge in [-0.2, -0.15) is 9.59 Å². The van der Waals surface area contributed by atoms with Crippen molar-refractivity contribution in [1.82, 2.24) is 40.4 Å². The summed E-state index contributed by atoms with van der Waals surface area (Å²) in [7, 11) is 0. The Balaban J connectivity index is 1.69. The number of rotatable bonds is 8. The maximum Gasteiger partial charge on any atom is 0.162 e. The second-order valence-electron chi connectivity index (χ2n) is 6.44. The summed E-state index contributed by atoms with van der Waals surface area (Å²) < 4.78 is 6.50. The van der Waals surface area contributed by atoms with E-state index >= 15 is 0 Å². The number of hydrogen-bond acceptors (Lipinski definition) is 7. The van der Waals surface area contributed by atoms with Crippen LogP contribution in [-0.2, 0) is 17.8 Å². The molecule has 0 aliphatic heterocycles. The minimum absolute atomic E-state index is 0.278. The molecule has 0 fully saturated rings. The minimum atomic E-state index is -0.507. The summed E-state index contributed by atoms with van der Waals surface area (Å²) in [6.45, 7) is 0.557. The molecule has 0 saturated carbocycles. The van der Waals surface area contributed by atoms with Crippen LogP contribution in [0.1, 0.15) is 23.3 Å². The molecule has 0 spiro atoms. The molecule has 2 aromatic heterocycles. The van der Waals surface area contributed by atoms with Crippen LogP contribution in [-0.4, -0.2) is 40.4 Å². The second kappa shape index (κ2) is 9.88. The molecule has 0 saturated heterocycles. The van der Waals surface area contributed by atoms with Gasteiger partial charge in [-0.3, -0.25) is 0 Å². The summed E-state index contributed by atoms with van der Waals surface area (Å²) in [6, 6.07) is 10.6. The highest BCUT2D eigenvalue weighted by Gasteiger charge is 2.24. The van der Waals surface area contributed by atoms with Gasteiger partial charge in [0.25, 0.3) is 0 Å². The molecule has 0 amide bonds. The monoisotopic (exact) mass is 498 g/mol. The molecule has 0 radical (unpaired) electrons. The van der Waals surface area contributed by atoms with E-state index in [0.29, 0.717) is 20.1 Å². The molecule has 160 valence electrons. The molecule has 13 heteroatoms. The van der Waals surface area contributed by atoms with Gasteiger partial charge in [0.15, 0.2) is 12.7 Å². The molecule has 0 N–H and O–H groups in total.